The number of aromatic nitrogens is 1. The van der Waals surface area contributed by atoms with E-state index in [9.17, 15) is 0 Å². The molecule has 0 atom stereocenters. The van der Waals surface area contributed by atoms with Gasteiger partial charge in [0.15, 0.2) is 0 Å². The van der Waals surface area contributed by atoms with E-state index in [1.165, 1.54) is 0 Å². The van der Waals surface area contributed by atoms with Crippen molar-refractivity contribution in [2.45, 2.75) is 6.42 Å². The summed E-state index contributed by atoms with van der Waals surface area (Å²) in [6.45, 7) is 0. The predicted octanol–water partition coefficient (Wildman–Crippen LogP) is 0.632. The molecule has 4 nitrogen and oxygen atoms in total. The SMILES string of the molecule is N#CCC#Cc1ccc(NN)nc1. The number of hydrogen-bond donors (Lipinski definition) is 2. The molecule has 0 spiro atoms. The molecular weight excluding hydrogens is 164 g/mol. The number of nitrogens with zero attached hydrogens (tertiary/aromatic N) is 2. The number of pyridine rings is 1. The number of hydrogen-bond acceptors (Lipinski definition) is 4. The lowest BCUT2D eigenvalue weighted by atomic mass is 10.3. The summed E-state index contributed by atoms with van der Waals surface area (Å²) in [6, 6.07) is 5.44. The van der Waals surface area contributed by atoms with E-state index in [0.717, 1.165) is 5.56 Å². The maximum atomic E-state index is 8.23. The smallest absolute Gasteiger partial charge is 0.139 e. The molecule has 1 rings (SSSR count). The highest BCUT2D eigenvalue weighted by atomic mass is 15.2. The summed E-state index contributed by atoms with van der Waals surface area (Å²) in [5, 5.41) is 8.23. The van der Waals surface area contributed by atoms with E-state index in [1.54, 1.807) is 18.3 Å². The van der Waals surface area contributed by atoms with E-state index in [-0.39, 0.29) is 6.42 Å². The zero-order chi connectivity index (χ0) is 9.52. The van der Waals surface area contributed by atoms with E-state index < -0.39 is 0 Å². The van der Waals surface area contributed by atoms with Crippen LogP contribution in [0.25, 0.3) is 0 Å². The second kappa shape index (κ2) is 4.76. The minimum Gasteiger partial charge on any atom is -0.308 e. The number of nitrogens with one attached hydrogen (secondary N) is 1. The first-order valence-electron chi connectivity index (χ1n) is 3.65. The highest BCUT2D eigenvalue weighted by molar-refractivity contribution is 5.40. The van der Waals surface area contributed by atoms with Crippen molar-refractivity contribution in [2.75, 3.05) is 5.43 Å². The Labute approximate surface area is 76.4 Å². The lowest BCUT2D eigenvalue weighted by molar-refractivity contribution is 1.22. The second-order valence-corrected chi connectivity index (χ2v) is 2.21. The number of nitrogens with two attached hydrogens (primary N) is 1. The van der Waals surface area contributed by atoms with Crippen LogP contribution in [0, 0.1) is 23.2 Å². The van der Waals surface area contributed by atoms with E-state index in [4.69, 9.17) is 11.1 Å². The number of anilines is 1. The van der Waals surface area contributed by atoms with Gasteiger partial charge in [0.1, 0.15) is 5.82 Å². The summed E-state index contributed by atoms with van der Waals surface area (Å²) in [4.78, 5) is 3.95. The molecule has 0 saturated carbocycles. The Bertz CT molecular complexity index is 363. The third-order valence-corrected chi connectivity index (χ3v) is 1.31. The van der Waals surface area contributed by atoms with Crippen molar-refractivity contribution in [3.63, 3.8) is 0 Å². The molecule has 0 aliphatic heterocycles. The Morgan fingerprint density at radius 3 is 2.92 bits per heavy atom. The number of hydrazine groups is 1. The predicted molar refractivity (Wildman–Crippen MR) is 49.2 cm³/mol. The zero-order valence-electron chi connectivity index (χ0n) is 6.91. The van der Waals surface area contributed by atoms with Crippen molar-refractivity contribution >= 4 is 5.82 Å². The highest BCUT2D eigenvalue weighted by Gasteiger charge is 1.88. The molecule has 0 aromatic carbocycles. The van der Waals surface area contributed by atoms with Crippen molar-refractivity contribution in [3.05, 3.63) is 23.9 Å². The Morgan fingerprint density at radius 1 is 1.54 bits per heavy atom. The summed E-state index contributed by atoms with van der Waals surface area (Å²) in [5.74, 6) is 11.2. The molecule has 1 aromatic heterocycles. The topological polar surface area (TPSA) is 74.7 Å². The van der Waals surface area contributed by atoms with E-state index in [1.807, 2.05) is 6.07 Å². The minimum atomic E-state index is 0.233. The van der Waals surface area contributed by atoms with Crippen molar-refractivity contribution in [1.82, 2.24) is 4.98 Å². The molecule has 13 heavy (non-hydrogen) atoms. The molecule has 0 unspecified atom stereocenters. The van der Waals surface area contributed by atoms with Gasteiger partial charge in [-0.3, -0.25) is 0 Å². The fraction of sp³-hybridized carbons (Fsp3) is 0.111. The summed E-state index contributed by atoms with van der Waals surface area (Å²) in [6.07, 6.45) is 1.83. The van der Waals surface area contributed by atoms with Crippen LogP contribution in [0.3, 0.4) is 0 Å². The number of nitrogen functional groups attached to an aromatic ring is 1. The third kappa shape index (κ3) is 2.82. The third-order valence-electron chi connectivity index (χ3n) is 1.31. The fourth-order valence-corrected chi connectivity index (χ4v) is 0.739. The van der Waals surface area contributed by atoms with Gasteiger partial charge in [-0.05, 0) is 12.1 Å². The van der Waals surface area contributed by atoms with Gasteiger partial charge in [-0.2, -0.15) is 5.26 Å². The Balaban J connectivity index is 2.72. The van der Waals surface area contributed by atoms with Crippen molar-refractivity contribution < 1.29 is 0 Å². The lowest BCUT2D eigenvalue weighted by Crippen LogP contribution is -2.07. The molecule has 0 saturated heterocycles. The molecule has 0 amide bonds. The highest BCUT2D eigenvalue weighted by Crippen LogP contribution is 2.01. The molecule has 1 aromatic rings. The molecule has 0 aliphatic rings. The van der Waals surface area contributed by atoms with Gasteiger partial charge in [0, 0.05) is 11.8 Å². The Morgan fingerprint density at radius 2 is 2.38 bits per heavy atom. The van der Waals surface area contributed by atoms with Crippen LogP contribution < -0.4 is 11.3 Å². The standard InChI is InChI=1S/C9H8N4/c10-6-2-1-3-8-4-5-9(13-11)12-7-8/h4-5,7H,2,11H2,(H,12,13). The molecule has 4 heteroatoms. The van der Waals surface area contributed by atoms with E-state index in [2.05, 4.69) is 22.3 Å². The fourth-order valence-electron chi connectivity index (χ4n) is 0.739. The molecule has 64 valence electrons. The first kappa shape index (κ1) is 9.05. The maximum absolute atomic E-state index is 8.23. The van der Waals surface area contributed by atoms with Gasteiger partial charge in [-0.25, -0.2) is 10.8 Å². The summed E-state index contributed by atoms with van der Waals surface area (Å²) in [5.41, 5.74) is 3.18. The number of rotatable bonds is 1. The minimum absolute atomic E-state index is 0.233. The van der Waals surface area contributed by atoms with E-state index in [0.29, 0.717) is 5.82 Å². The first-order valence-corrected chi connectivity index (χ1v) is 3.65. The van der Waals surface area contributed by atoms with Crippen molar-refractivity contribution in [1.29, 1.82) is 5.26 Å². The number of nitriles is 1. The zero-order valence-corrected chi connectivity index (χ0v) is 6.91. The van der Waals surface area contributed by atoms with Gasteiger partial charge < -0.3 is 5.43 Å². The Hall–Kier alpha value is -2.04. The van der Waals surface area contributed by atoms with Crippen LogP contribution in [0.1, 0.15) is 12.0 Å². The average Bonchev–Trinajstić information content (AvgIpc) is 2.19. The molecule has 3 N–H and O–H groups in total. The molecule has 0 aliphatic carbocycles. The maximum Gasteiger partial charge on any atom is 0.139 e. The quantitative estimate of drug-likeness (QED) is 0.370. The van der Waals surface area contributed by atoms with Gasteiger partial charge in [-0.1, -0.05) is 11.8 Å². The Kier molecular flexibility index (Phi) is 3.31. The molecule has 0 fully saturated rings. The molecular formula is C9H8N4. The molecule has 0 bridgehead atoms. The van der Waals surface area contributed by atoms with Gasteiger partial charge in [0.05, 0.1) is 12.5 Å². The first-order chi connectivity index (χ1) is 6.36. The van der Waals surface area contributed by atoms with Gasteiger partial charge in [-0.15, -0.1) is 0 Å². The van der Waals surface area contributed by atoms with Crippen molar-refractivity contribution in [2.24, 2.45) is 5.84 Å². The van der Waals surface area contributed by atoms with Crippen LogP contribution in [-0.2, 0) is 0 Å². The van der Waals surface area contributed by atoms with Crippen molar-refractivity contribution in [3.8, 4) is 17.9 Å². The molecule has 1 heterocycles. The van der Waals surface area contributed by atoms with Crippen LogP contribution in [0.2, 0.25) is 0 Å². The van der Waals surface area contributed by atoms with E-state index >= 15 is 0 Å². The van der Waals surface area contributed by atoms with Crippen LogP contribution in [0.15, 0.2) is 18.3 Å². The average molecular weight is 172 g/mol. The monoisotopic (exact) mass is 172 g/mol. The van der Waals surface area contributed by atoms with Gasteiger partial charge in [0.2, 0.25) is 0 Å². The largest absolute Gasteiger partial charge is 0.308 e. The summed E-state index contributed by atoms with van der Waals surface area (Å²) >= 11 is 0. The van der Waals surface area contributed by atoms with Crippen LogP contribution >= 0.6 is 0 Å². The van der Waals surface area contributed by atoms with Crippen LogP contribution in [-0.4, -0.2) is 4.98 Å². The summed E-state index contributed by atoms with van der Waals surface area (Å²) in [7, 11) is 0. The van der Waals surface area contributed by atoms with Crippen LogP contribution in [0.5, 0.6) is 0 Å². The van der Waals surface area contributed by atoms with Crippen LogP contribution in [0.4, 0.5) is 5.82 Å². The summed E-state index contributed by atoms with van der Waals surface area (Å²) < 4.78 is 0. The van der Waals surface area contributed by atoms with Gasteiger partial charge >= 0.3 is 0 Å². The normalized spacial score (nSPS) is 8.00. The lowest BCUT2D eigenvalue weighted by Gasteiger charge is -1.96. The molecule has 0 radical (unpaired) electrons. The van der Waals surface area contributed by atoms with Gasteiger partial charge in [0.25, 0.3) is 0 Å². The second-order valence-electron chi connectivity index (χ2n) is 2.21.